The highest BCUT2D eigenvalue weighted by Gasteiger charge is 2.09. The van der Waals surface area contributed by atoms with Gasteiger partial charge in [0.2, 0.25) is 5.95 Å². The van der Waals surface area contributed by atoms with Crippen LogP contribution in [0.5, 0.6) is 0 Å². The zero-order chi connectivity index (χ0) is 16.8. The minimum atomic E-state index is 0.594. The smallest absolute Gasteiger partial charge is 0.229 e. The molecular weight excluding hydrogens is 370 g/mol. The van der Waals surface area contributed by atoms with Gasteiger partial charge < -0.3 is 15.4 Å². The first-order valence-corrected chi connectivity index (χ1v) is 8.90. The van der Waals surface area contributed by atoms with Crippen LogP contribution >= 0.6 is 15.9 Å². The van der Waals surface area contributed by atoms with Crippen molar-refractivity contribution >= 4 is 33.4 Å². The second-order valence-electron chi connectivity index (χ2n) is 5.73. The van der Waals surface area contributed by atoms with E-state index in [0.717, 1.165) is 60.9 Å². The maximum absolute atomic E-state index is 5.36. The number of nitrogens with one attached hydrogen (secondary N) is 2. The fourth-order valence-electron chi connectivity index (χ4n) is 2.57. The Morgan fingerprint density at radius 2 is 2.08 bits per heavy atom. The van der Waals surface area contributed by atoms with E-state index in [1.165, 1.54) is 0 Å². The molecule has 6 nitrogen and oxygen atoms in total. The predicted octanol–water partition coefficient (Wildman–Crippen LogP) is 3.04. The minimum Gasteiger partial charge on any atom is -0.379 e. The van der Waals surface area contributed by atoms with Crippen molar-refractivity contribution in [1.82, 2.24) is 14.9 Å². The number of aromatic nitrogens is 2. The first-order chi connectivity index (χ1) is 11.7. The van der Waals surface area contributed by atoms with Crippen molar-refractivity contribution in [2.45, 2.75) is 6.92 Å². The minimum absolute atomic E-state index is 0.594. The topological polar surface area (TPSA) is 62.3 Å². The SMILES string of the molecule is Cc1cc(Br)ccc1Nc1nccc(NCCN2CCOCC2)n1. The Morgan fingerprint density at radius 1 is 1.25 bits per heavy atom. The van der Waals surface area contributed by atoms with Crippen LogP contribution in [0.2, 0.25) is 0 Å². The van der Waals surface area contributed by atoms with Crippen molar-refractivity contribution in [3.05, 3.63) is 40.5 Å². The third-order valence-electron chi connectivity index (χ3n) is 3.93. The van der Waals surface area contributed by atoms with Gasteiger partial charge in [0.15, 0.2) is 0 Å². The summed E-state index contributed by atoms with van der Waals surface area (Å²) in [5.41, 5.74) is 2.14. The van der Waals surface area contributed by atoms with Gasteiger partial charge in [0.25, 0.3) is 0 Å². The lowest BCUT2D eigenvalue weighted by Crippen LogP contribution is -2.39. The summed E-state index contributed by atoms with van der Waals surface area (Å²) in [5.74, 6) is 1.42. The summed E-state index contributed by atoms with van der Waals surface area (Å²) in [6, 6.07) is 7.97. The van der Waals surface area contributed by atoms with Gasteiger partial charge in [-0.15, -0.1) is 0 Å². The fraction of sp³-hybridized carbons (Fsp3) is 0.412. The van der Waals surface area contributed by atoms with E-state index in [0.29, 0.717) is 5.95 Å². The number of hydrogen-bond donors (Lipinski definition) is 2. The normalized spacial score (nSPS) is 15.2. The second kappa shape index (κ2) is 8.41. The Morgan fingerprint density at radius 3 is 2.88 bits per heavy atom. The van der Waals surface area contributed by atoms with E-state index in [1.54, 1.807) is 6.20 Å². The van der Waals surface area contributed by atoms with Crippen LogP contribution in [0.15, 0.2) is 34.9 Å². The molecule has 0 unspecified atom stereocenters. The number of halogens is 1. The zero-order valence-electron chi connectivity index (χ0n) is 13.8. The summed E-state index contributed by atoms with van der Waals surface area (Å²) in [5, 5.41) is 6.63. The van der Waals surface area contributed by atoms with Crippen molar-refractivity contribution in [3.63, 3.8) is 0 Å². The van der Waals surface area contributed by atoms with Crippen LogP contribution in [0.3, 0.4) is 0 Å². The molecule has 128 valence electrons. The van der Waals surface area contributed by atoms with E-state index in [9.17, 15) is 0 Å². The van der Waals surface area contributed by atoms with E-state index in [4.69, 9.17) is 4.74 Å². The van der Waals surface area contributed by atoms with Gasteiger partial charge in [-0.05, 0) is 36.8 Å². The van der Waals surface area contributed by atoms with Crippen molar-refractivity contribution in [3.8, 4) is 0 Å². The van der Waals surface area contributed by atoms with Crippen molar-refractivity contribution in [1.29, 1.82) is 0 Å². The molecule has 1 fully saturated rings. The Labute approximate surface area is 150 Å². The van der Waals surface area contributed by atoms with Crippen LogP contribution in [-0.4, -0.2) is 54.3 Å². The van der Waals surface area contributed by atoms with Gasteiger partial charge in [-0.1, -0.05) is 15.9 Å². The third kappa shape index (κ3) is 4.90. The highest BCUT2D eigenvalue weighted by Crippen LogP contribution is 2.22. The summed E-state index contributed by atoms with van der Waals surface area (Å²) in [6.45, 7) is 7.55. The van der Waals surface area contributed by atoms with Crippen LogP contribution in [0.25, 0.3) is 0 Å². The molecule has 1 saturated heterocycles. The highest BCUT2D eigenvalue weighted by molar-refractivity contribution is 9.10. The fourth-order valence-corrected chi connectivity index (χ4v) is 3.05. The molecule has 0 spiro atoms. The van der Waals surface area contributed by atoms with Gasteiger partial charge in [-0.3, -0.25) is 4.90 Å². The van der Waals surface area contributed by atoms with Gasteiger partial charge in [0.1, 0.15) is 5.82 Å². The Hall–Kier alpha value is -1.70. The predicted molar refractivity (Wildman–Crippen MR) is 99.9 cm³/mol. The summed E-state index contributed by atoms with van der Waals surface area (Å²) in [7, 11) is 0. The Bertz CT molecular complexity index is 676. The van der Waals surface area contributed by atoms with Gasteiger partial charge >= 0.3 is 0 Å². The molecule has 1 aliphatic heterocycles. The van der Waals surface area contributed by atoms with Crippen molar-refractivity contribution in [2.24, 2.45) is 0 Å². The van der Waals surface area contributed by atoms with Gasteiger partial charge in [0, 0.05) is 42.5 Å². The summed E-state index contributed by atoms with van der Waals surface area (Å²) in [4.78, 5) is 11.2. The molecule has 0 bridgehead atoms. The molecule has 0 saturated carbocycles. The lowest BCUT2D eigenvalue weighted by Gasteiger charge is -2.26. The number of nitrogens with zero attached hydrogens (tertiary/aromatic N) is 3. The lowest BCUT2D eigenvalue weighted by molar-refractivity contribution is 0.0398. The van der Waals surface area contributed by atoms with E-state index < -0.39 is 0 Å². The van der Waals surface area contributed by atoms with E-state index in [1.807, 2.05) is 18.2 Å². The number of ether oxygens (including phenoxy) is 1. The van der Waals surface area contributed by atoms with Crippen LogP contribution < -0.4 is 10.6 Å². The molecule has 0 atom stereocenters. The Kier molecular flexibility index (Phi) is 6.01. The van der Waals surface area contributed by atoms with E-state index in [2.05, 4.69) is 54.4 Å². The average molecular weight is 392 g/mol. The molecule has 1 aliphatic rings. The average Bonchev–Trinajstić information content (AvgIpc) is 2.59. The molecule has 24 heavy (non-hydrogen) atoms. The van der Waals surface area contributed by atoms with Crippen LogP contribution in [0.1, 0.15) is 5.56 Å². The van der Waals surface area contributed by atoms with Gasteiger partial charge in [-0.2, -0.15) is 4.98 Å². The van der Waals surface area contributed by atoms with E-state index >= 15 is 0 Å². The summed E-state index contributed by atoms with van der Waals surface area (Å²) < 4.78 is 6.42. The first-order valence-electron chi connectivity index (χ1n) is 8.11. The quantitative estimate of drug-likeness (QED) is 0.788. The molecule has 0 radical (unpaired) electrons. The number of hydrogen-bond acceptors (Lipinski definition) is 6. The van der Waals surface area contributed by atoms with Gasteiger partial charge in [0.05, 0.1) is 13.2 Å². The number of rotatable bonds is 6. The van der Waals surface area contributed by atoms with Crippen LogP contribution in [0, 0.1) is 6.92 Å². The maximum Gasteiger partial charge on any atom is 0.229 e. The second-order valence-corrected chi connectivity index (χ2v) is 6.65. The molecule has 2 aromatic rings. The monoisotopic (exact) mass is 391 g/mol. The molecule has 2 N–H and O–H groups in total. The number of anilines is 3. The Balaban J connectivity index is 1.55. The number of aryl methyl sites for hydroxylation is 1. The van der Waals surface area contributed by atoms with Gasteiger partial charge in [-0.25, -0.2) is 4.98 Å². The maximum atomic E-state index is 5.36. The largest absolute Gasteiger partial charge is 0.379 e. The third-order valence-corrected chi connectivity index (χ3v) is 4.42. The first kappa shape index (κ1) is 17.1. The molecule has 1 aromatic carbocycles. The summed E-state index contributed by atoms with van der Waals surface area (Å²) in [6.07, 6.45) is 1.76. The van der Waals surface area contributed by atoms with Crippen LogP contribution in [0.4, 0.5) is 17.5 Å². The molecule has 2 heterocycles. The molecule has 3 rings (SSSR count). The molecule has 0 amide bonds. The van der Waals surface area contributed by atoms with Crippen molar-refractivity contribution < 1.29 is 4.74 Å². The number of benzene rings is 1. The standard InChI is InChI=1S/C17H22BrN5O/c1-13-12-14(18)2-3-15(13)21-17-20-5-4-16(22-17)19-6-7-23-8-10-24-11-9-23/h2-5,12H,6-11H2,1H3,(H2,19,20,21,22). The van der Waals surface area contributed by atoms with Crippen LogP contribution in [-0.2, 0) is 4.74 Å². The lowest BCUT2D eigenvalue weighted by atomic mass is 10.2. The molecule has 0 aliphatic carbocycles. The zero-order valence-corrected chi connectivity index (χ0v) is 15.3. The van der Waals surface area contributed by atoms with E-state index in [-0.39, 0.29) is 0 Å². The number of morpholine rings is 1. The molecule has 7 heteroatoms. The molecular formula is C17H22BrN5O. The summed E-state index contributed by atoms with van der Waals surface area (Å²) >= 11 is 3.47. The van der Waals surface area contributed by atoms with Crippen molar-refractivity contribution in [2.75, 3.05) is 50.0 Å². The molecule has 1 aromatic heterocycles. The highest BCUT2D eigenvalue weighted by atomic mass is 79.9.